The van der Waals surface area contributed by atoms with Crippen molar-refractivity contribution in [2.45, 2.75) is 0 Å². The Hall–Kier alpha value is 0.260. The number of hydrogen-bond donors (Lipinski definition) is 0. The summed E-state index contributed by atoms with van der Waals surface area (Å²) in [5.74, 6) is 0. The predicted octanol–water partition coefficient (Wildman–Crippen LogP) is -1.76. The quantitative estimate of drug-likeness (QED) is 0.308. The van der Waals surface area contributed by atoms with E-state index < -0.39 is 13.0 Å². The first-order chi connectivity index (χ1) is 4.09. The molecule has 0 nitrogen and oxygen atoms in total. The average molecular weight is 121 g/mol. The molecule has 0 fully saturated rings. The lowest BCUT2D eigenvalue weighted by Crippen LogP contribution is -2.32. The van der Waals surface area contributed by atoms with Crippen molar-refractivity contribution in [1.82, 2.24) is 0 Å². The standard InChI is InChI=1S/C2B6S/c3-7(4)2(1-9)8(5)6. The van der Waals surface area contributed by atoms with Crippen LogP contribution in [0.25, 0.3) is 0 Å². The summed E-state index contributed by atoms with van der Waals surface area (Å²) in [5.41, 5.74) is 0. The second kappa shape index (κ2) is 4.14. The molecule has 0 aromatic carbocycles. The van der Waals surface area contributed by atoms with Crippen molar-refractivity contribution in [2.75, 3.05) is 0 Å². The highest BCUT2D eigenvalue weighted by Crippen LogP contribution is 1.89. The molecule has 0 saturated carbocycles. The van der Waals surface area contributed by atoms with E-state index >= 15 is 0 Å². The van der Waals surface area contributed by atoms with Crippen molar-refractivity contribution in [3.05, 3.63) is 5.37 Å². The lowest BCUT2D eigenvalue weighted by Gasteiger charge is -2.07. The highest BCUT2D eigenvalue weighted by atomic mass is 32.1. The number of rotatable bonds is 2. The molecule has 32 valence electrons. The van der Waals surface area contributed by atoms with E-state index in [1.807, 2.05) is 0 Å². The summed E-state index contributed by atoms with van der Waals surface area (Å²) in [7, 11) is 20.8. The van der Waals surface area contributed by atoms with Gasteiger partial charge in [-0.05, 0) is 12.2 Å². The normalized spacial score (nSPS) is 7.56. The van der Waals surface area contributed by atoms with Gasteiger partial charge in [-0.15, -0.1) is 5.37 Å². The van der Waals surface area contributed by atoms with Crippen LogP contribution in [-0.2, 0) is 0 Å². The summed E-state index contributed by atoms with van der Waals surface area (Å²) in [6.07, 6.45) is 0. The minimum atomic E-state index is -0.692. The summed E-state index contributed by atoms with van der Waals surface area (Å²) in [6.45, 7) is -1.38. The maximum atomic E-state index is 5.20. The molecule has 0 saturated heterocycles. The van der Waals surface area contributed by atoms with Crippen LogP contribution in [0.5, 0.6) is 0 Å². The Bertz CT molecular complexity index is 124. The Labute approximate surface area is 67.0 Å². The van der Waals surface area contributed by atoms with Crippen LogP contribution >= 0.6 is 12.2 Å². The molecule has 0 rings (SSSR count). The topological polar surface area (TPSA) is 0 Å². The van der Waals surface area contributed by atoms with E-state index in [2.05, 4.69) is 17.2 Å². The second-order valence-electron chi connectivity index (χ2n) is 1.61. The first kappa shape index (κ1) is 9.26. The molecule has 0 unspecified atom stereocenters. The molecule has 0 aliphatic rings. The monoisotopic (exact) mass is 122 g/mol. The fourth-order valence-corrected chi connectivity index (χ4v) is 0.630. The van der Waals surface area contributed by atoms with E-state index in [0.717, 1.165) is 0 Å². The van der Waals surface area contributed by atoms with Crippen LogP contribution in [0.1, 0.15) is 0 Å². The van der Waals surface area contributed by atoms with Gasteiger partial charge < -0.3 is 0 Å². The fraction of sp³-hybridized carbons (Fsp3) is 0. The van der Waals surface area contributed by atoms with Crippen LogP contribution in [0.2, 0.25) is 0 Å². The summed E-state index contributed by atoms with van der Waals surface area (Å²) in [5, 5.41) is 2.67. The van der Waals surface area contributed by atoms with Gasteiger partial charge in [-0.2, -0.15) is 0 Å². The van der Waals surface area contributed by atoms with Crippen molar-refractivity contribution in [3.63, 3.8) is 0 Å². The van der Waals surface area contributed by atoms with Crippen molar-refractivity contribution in [1.29, 1.82) is 0 Å². The van der Waals surface area contributed by atoms with E-state index in [1.54, 1.807) is 0 Å². The summed E-state index contributed by atoms with van der Waals surface area (Å²) >= 11 is 4.42. The number of thiocarbonyl (C=S) groups is 1. The average Bonchev–Trinajstić information content (AvgIpc) is 1.64. The zero-order chi connectivity index (χ0) is 7.44. The molecule has 8 radical (unpaired) electrons. The molecule has 0 aliphatic heterocycles. The Balaban J connectivity index is 4.19. The van der Waals surface area contributed by atoms with Gasteiger partial charge in [0, 0.05) is 30.9 Å². The first-order valence-electron chi connectivity index (χ1n) is 2.36. The molecule has 0 atom stereocenters. The summed E-state index contributed by atoms with van der Waals surface area (Å²) in [6, 6.07) is 0. The van der Waals surface area contributed by atoms with Gasteiger partial charge in [-0.1, -0.05) is 5.02 Å². The third kappa shape index (κ3) is 3.07. The van der Waals surface area contributed by atoms with Crippen molar-refractivity contribution >= 4 is 61.2 Å². The van der Waals surface area contributed by atoms with Gasteiger partial charge in [0.1, 0.15) is 0 Å². The van der Waals surface area contributed by atoms with Crippen LogP contribution in [0.4, 0.5) is 0 Å². The SMILES string of the molecule is [B]B([B])C(=C=S)B([B])[B]. The largest absolute Gasteiger partial charge is 0.116 e. The fourth-order valence-electron chi connectivity index (χ4n) is 0.358. The molecular formula is C2B6S. The predicted molar refractivity (Wildman–Crippen MR) is 50.6 cm³/mol. The van der Waals surface area contributed by atoms with Crippen LogP contribution < -0.4 is 0 Å². The van der Waals surface area contributed by atoms with Crippen LogP contribution in [0, 0.1) is 0 Å². The molecule has 0 aromatic heterocycles. The minimum absolute atomic E-state index is 0.366. The molecule has 0 aromatic rings. The summed E-state index contributed by atoms with van der Waals surface area (Å²) in [4.78, 5) is 0. The van der Waals surface area contributed by atoms with E-state index in [-0.39, 0.29) is 0 Å². The lowest BCUT2D eigenvalue weighted by molar-refractivity contribution is 2.53. The Kier molecular flexibility index (Phi) is 4.25. The molecule has 0 bridgehead atoms. The third-order valence-electron chi connectivity index (χ3n) is 0.836. The molecule has 0 aliphatic carbocycles. The van der Waals surface area contributed by atoms with E-state index in [1.165, 1.54) is 0 Å². The van der Waals surface area contributed by atoms with Gasteiger partial charge in [-0.3, -0.25) is 0 Å². The molecule has 0 N–H and O–H groups in total. The van der Waals surface area contributed by atoms with E-state index in [0.29, 0.717) is 5.37 Å². The van der Waals surface area contributed by atoms with Crippen LogP contribution in [0.15, 0.2) is 5.37 Å². The van der Waals surface area contributed by atoms with E-state index in [4.69, 9.17) is 30.9 Å². The van der Waals surface area contributed by atoms with Crippen molar-refractivity contribution in [2.24, 2.45) is 0 Å². The van der Waals surface area contributed by atoms with Crippen molar-refractivity contribution < 1.29 is 0 Å². The molecule has 7 heteroatoms. The Morgan fingerprint density at radius 2 is 1.44 bits per heavy atom. The highest BCUT2D eigenvalue weighted by Gasteiger charge is 2.08. The van der Waals surface area contributed by atoms with Gasteiger partial charge >= 0.3 is 0 Å². The van der Waals surface area contributed by atoms with Gasteiger partial charge in [0.15, 0.2) is 0 Å². The third-order valence-corrected chi connectivity index (χ3v) is 1.07. The second-order valence-corrected chi connectivity index (χ2v) is 1.81. The molecule has 0 heterocycles. The molecule has 0 amide bonds. The van der Waals surface area contributed by atoms with Gasteiger partial charge in [-0.25, -0.2) is 0 Å². The maximum absolute atomic E-state index is 5.20. The van der Waals surface area contributed by atoms with Crippen molar-refractivity contribution in [3.8, 4) is 0 Å². The molecule has 0 spiro atoms. The lowest BCUT2D eigenvalue weighted by atomic mass is 9.00. The molecular weight excluding hydrogens is 121 g/mol. The van der Waals surface area contributed by atoms with Crippen LogP contribution in [0.3, 0.4) is 0 Å². The number of hydrogen-bond acceptors (Lipinski definition) is 1. The zero-order valence-corrected chi connectivity index (χ0v) is 5.69. The smallest absolute Gasteiger partial charge is 0.0733 e. The molecule has 9 heavy (non-hydrogen) atoms. The Morgan fingerprint density at radius 1 is 1.11 bits per heavy atom. The van der Waals surface area contributed by atoms with Gasteiger partial charge in [0.2, 0.25) is 0 Å². The Morgan fingerprint density at radius 3 is 1.44 bits per heavy atom. The zero-order valence-electron chi connectivity index (χ0n) is 4.87. The van der Waals surface area contributed by atoms with E-state index in [9.17, 15) is 0 Å². The van der Waals surface area contributed by atoms with Crippen LogP contribution in [-0.4, -0.2) is 49.0 Å². The van der Waals surface area contributed by atoms with Gasteiger partial charge in [0.25, 0.3) is 0 Å². The summed E-state index contributed by atoms with van der Waals surface area (Å²) < 4.78 is 0. The highest BCUT2D eigenvalue weighted by molar-refractivity contribution is 7.79. The first-order valence-corrected chi connectivity index (χ1v) is 2.77. The minimum Gasteiger partial charge on any atom is -0.116 e. The van der Waals surface area contributed by atoms with Gasteiger partial charge in [0.05, 0.1) is 13.0 Å². The maximum Gasteiger partial charge on any atom is 0.0733 e.